The fraction of sp³-hybridized carbons (Fsp3) is 0.300. The SMILES string of the molecule is CC.Cc1ncc2ccncc2n1. The lowest BCUT2D eigenvalue weighted by Crippen LogP contribution is -1.87. The van der Waals surface area contributed by atoms with Gasteiger partial charge in [-0.05, 0) is 13.0 Å². The second-order valence-electron chi connectivity index (χ2n) is 2.35. The number of rotatable bonds is 0. The van der Waals surface area contributed by atoms with Gasteiger partial charge >= 0.3 is 0 Å². The molecule has 68 valence electrons. The molecule has 2 aromatic heterocycles. The molecule has 13 heavy (non-hydrogen) atoms. The molecule has 2 heterocycles. The third-order valence-corrected chi connectivity index (χ3v) is 1.51. The molecule has 2 rings (SSSR count). The van der Waals surface area contributed by atoms with E-state index >= 15 is 0 Å². The lowest BCUT2D eigenvalue weighted by molar-refractivity contribution is 1.09. The highest BCUT2D eigenvalue weighted by Crippen LogP contribution is 2.06. The number of nitrogens with zero attached hydrogens (tertiary/aromatic N) is 3. The first-order valence-electron chi connectivity index (χ1n) is 4.39. The second kappa shape index (κ2) is 4.50. The van der Waals surface area contributed by atoms with E-state index in [1.54, 1.807) is 18.6 Å². The molecular formula is C10H13N3. The van der Waals surface area contributed by atoms with Gasteiger partial charge in [0, 0.05) is 17.8 Å². The van der Waals surface area contributed by atoms with Crippen molar-refractivity contribution >= 4 is 10.9 Å². The highest BCUT2D eigenvalue weighted by Gasteiger charge is 1.93. The molecule has 0 radical (unpaired) electrons. The minimum Gasteiger partial charge on any atom is -0.262 e. The first kappa shape index (κ1) is 9.58. The van der Waals surface area contributed by atoms with Gasteiger partial charge in [-0.15, -0.1) is 0 Å². The molecule has 0 amide bonds. The topological polar surface area (TPSA) is 38.7 Å². The summed E-state index contributed by atoms with van der Waals surface area (Å²) in [4.78, 5) is 12.2. The number of aromatic nitrogens is 3. The quantitative estimate of drug-likeness (QED) is 0.617. The van der Waals surface area contributed by atoms with Gasteiger partial charge in [0.2, 0.25) is 0 Å². The van der Waals surface area contributed by atoms with E-state index in [1.165, 1.54) is 0 Å². The molecule has 0 saturated carbocycles. The van der Waals surface area contributed by atoms with E-state index in [4.69, 9.17) is 0 Å². The Labute approximate surface area is 77.9 Å². The van der Waals surface area contributed by atoms with Crippen LogP contribution < -0.4 is 0 Å². The highest BCUT2D eigenvalue weighted by molar-refractivity contribution is 5.75. The molecule has 0 spiro atoms. The van der Waals surface area contributed by atoms with Gasteiger partial charge in [0.05, 0.1) is 11.7 Å². The van der Waals surface area contributed by atoms with Crippen LogP contribution in [0.15, 0.2) is 24.7 Å². The summed E-state index contributed by atoms with van der Waals surface area (Å²) in [6.07, 6.45) is 5.28. The molecule has 0 fully saturated rings. The Hall–Kier alpha value is -1.51. The summed E-state index contributed by atoms with van der Waals surface area (Å²) >= 11 is 0. The Morgan fingerprint density at radius 2 is 1.92 bits per heavy atom. The van der Waals surface area contributed by atoms with Crippen LogP contribution in [0.2, 0.25) is 0 Å². The maximum atomic E-state index is 4.20. The summed E-state index contributed by atoms with van der Waals surface area (Å²) in [5.74, 6) is 0.783. The summed E-state index contributed by atoms with van der Waals surface area (Å²) in [5.41, 5.74) is 0.903. The monoisotopic (exact) mass is 175 g/mol. The van der Waals surface area contributed by atoms with Crippen LogP contribution in [-0.2, 0) is 0 Å². The first-order valence-corrected chi connectivity index (χ1v) is 4.39. The van der Waals surface area contributed by atoms with Crippen molar-refractivity contribution < 1.29 is 0 Å². The number of hydrogen-bond donors (Lipinski definition) is 0. The smallest absolute Gasteiger partial charge is 0.125 e. The zero-order valence-electron chi connectivity index (χ0n) is 8.15. The molecule has 0 bridgehead atoms. The van der Waals surface area contributed by atoms with Crippen molar-refractivity contribution in [1.29, 1.82) is 0 Å². The predicted molar refractivity (Wildman–Crippen MR) is 53.4 cm³/mol. The molecule has 0 aromatic carbocycles. The summed E-state index contributed by atoms with van der Waals surface area (Å²) in [5, 5.41) is 1.03. The van der Waals surface area contributed by atoms with Gasteiger partial charge in [-0.3, -0.25) is 4.98 Å². The summed E-state index contributed by atoms with van der Waals surface area (Å²) in [6.45, 7) is 5.87. The molecule has 0 atom stereocenters. The van der Waals surface area contributed by atoms with Gasteiger partial charge in [0.25, 0.3) is 0 Å². The second-order valence-corrected chi connectivity index (χ2v) is 2.35. The van der Waals surface area contributed by atoms with Crippen molar-refractivity contribution in [3.8, 4) is 0 Å². The maximum Gasteiger partial charge on any atom is 0.125 e. The molecule has 3 nitrogen and oxygen atoms in total. The van der Waals surface area contributed by atoms with E-state index in [2.05, 4.69) is 15.0 Å². The third-order valence-electron chi connectivity index (χ3n) is 1.51. The normalized spacial score (nSPS) is 9.15. The van der Waals surface area contributed by atoms with Crippen LogP contribution >= 0.6 is 0 Å². The van der Waals surface area contributed by atoms with E-state index in [1.807, 2.05) is 26.8 Å². The molecule has 0 saturated heterocycles. The largest absolute Gasteiger partial charge is 0.262 e. The Morgan fingerprint density at radius 3 is 2.69 bits per heavy atom. The molecule has 0 aliphatic heterocycles. The van der Waals surface area contributed by atoms with E-state index < -0.39 is 0 Å². The van der Waals surface area contributed by atoms with E-state index in [0.717, 1.165) is 16.7 Å². The van der Waals surface area contributed by atoms with Gasteiger partial charge < -0.3 is 0 Å². The third kappa shape index (κ3) is 2.21. The van der Waals surface area contributed by atoms with Gasteiger partial charge in [-0.1, -0.05) is 13.8 Å². The van der Waals surface area contributed by atoms with Crippen molar-refractivity contribution in [2.24, 2.45) is 0 Å². The zero-order chi connectivity index (χ0) is 9.68. The van der Waals surface area contributed by atoms with Gasteiger partial charge in [0.15, 0.2) is 0 Å². The van der Waals surface area contributed by atoms with Crippen LogP contribution in [0.4, 0.5) is 0 Å². The minimum atomic E-state index is 0.783. The van der Waals surface area contributed by atoms with Crippen molar-refractivity contribution in [3.05, 3.63) is 30.5 Å². The van der Waals surface area contributed by atoms with Crippen molar-refractivity contribution in [1.82, 2.24) is 15.0 Å². The number of aryl methyl sites for hydroxylation is 1. The standard InChI is InChI=1S/C8H7N3.C2H6/c1-6-10-4-7-2-3-9-5-8(7)11-6;1-2/h2-5H,1H3;1-2H3. The molecule has 0 aliphatic carbocycles. The molecule has 0 unspecified atom stereocenters. The zero-order valence-corrected chi connectivity index (χ0v) is 8.15. The first-order chi connectivity index (χ1) is 6.36. The molecule has 0 aliphatic rings. The number of fused-ring (bicyclic) bond motifs is 1. The van der Waals surface area contributed by atoms with Gasteiger partial charge in [-0.2, -0.15) is 0 Å². The van der Waals surface area contributed by atoms with Gasteiger partial charge in [0.1, 0.15) is 5.82 Å². The van der Waals surface area contributed by atoms with E-state index in [9.17, 15) is 0 Å². The average Bonchev–Trinajstić information content (AvgIpc) is 2.21. The average molecular weight is 175 g/mol. The number of pyridine rings is 1. The van der Waals surface area contributed by atoms with Crippen LogP contribution in [0, 0.1) is 6.92 Å². The Balaban J connectivity index is 0.000000396. The van der Waals surface area contributed by atoms with Crippen LogP contribution in [0.1, 0.15) is 19.7 Å². The van der Waals surface area contributed by atoms with Gasteiger partial charge in [-0.25, -0.2) is 9.97 Å². The minimum absolute atomic E-state index is 0.783. The van der Waals surface area contributed by atoms with Crippen molar-refractivity contribution in [2.45, 2.75) is 20.8 Å². The Kier molecular flexibility index (Phi) is 3.31. The molecule has 2 aromatic rings. The fourth-order valence-electron chi connectivity index (χ4n) is 0.966. The fourth-order valence-corrected chi connectivity index (χ4v) is 0.966. The molecule has 0 N–H and O–H groups in total. The summed E-state index contributed by atoms with van der Waals surface area (Å²) < 4.78 is 0. The predicted octanol–water partition coefficient (Wildman–Crippen LogP) is 2.36. The van der Waals surface area contributed by atoms with E-state index in [-0.39, 0.29) is 0 Å². The van der Waals surface area contributed by atoms with Crippen LogP contribution in [-0.4, -0.2) is 15.0 Å². The number of hydrogen-bond acceptors (Lipinski definition) is 3. The highest BCUT2D eigenvalue weighted by atomic mass is 14.9. The van der Waals surface area contributed by atoms with E-state index in [0.29, 0.717) is 0 Å². The Bertz CT molecular complexity index is 385. The summed E-state index contributed by atoms with van der Waals surface area (Å²) in [6, 6.07) is 1.90. The Morgan fingerprint density at radius 1 is 1.15 bits per heavy atom. The van der Waals surface area contributed by atoms with Crippen LogP contribution in [0.25, 0.3) is 10.9 Å². The van der Waals surface area contributed by atoms with Crippen LogP contribution in [0.5, 0.6) is 0 Å². The lowest BCUT2D eigenvalue weighted by atomic mass is 10.3. The maximum absolute atomic E-state index is 4.20. The summed E-state index contributed by atoms with van der Waals surface area (Å²) in [7, 11) is 0. The molecule has 3 heteroatoms. The van der Waals surface area contributed by atoms with Crippen LogP contribution in [0.3, 0.4) is 0 Å². The van der Waals surface area contributed by atoms with Crippen molar-refractivity contribution in [3.63, 3.8) is 0 Å². The van der Waals surface area contributed by atoms with Crippen molar-refractivity contribution in [2.75, 3.05) is 0 Å². The molecular weight excluding hydrogens is 162 g/mol. The lowest BCUT2D eigenvalue weighted by Gasteiger charge is -1.94.